The molecule has 1 aromatic heterocycles. The summed E-state index contributed by atoms with van der Waals surface area (Å²) in [6.07, 6.45) is 11.9. The van der Waals surface area contributed by atoms with Crippen LogP contribution in [-0.4, -0.2) is 0 Å². The van der Waals surface area contributed by atoms with Gasteiger partial charge in [-0.1, -0.05) is 123 Å². The fourth-order valence-electron chi connectivity index (χ4n) is 11.3. The van der Waals surface area contributed by atoms with Crippen LogP contribution in [0.4, 0.5) is 34.1 Å². The molecule has 2 bridgehead atoms. The van der Waals surface area contributed by atoms with E-state index < -0.39 is 0 Å². The standard InChI is InChI=1S/C55H50N2S/c1-4-13-40(14-5-1)41-24-31-48(32-25-41)57(51-20-12-22-53-54(51)50-19-10-11-21-52(50)58-53)49-35-29-43(30-36-49)55(38-39-23-26-44(55)37-39)42-27-33-47(34-28-42)56(45-15-6-2-7-16-45)46-17-8-3-9-18-46/h2-3,6-12,15-22,24-25,27-36,39-40,44H,1,4-5,13-14,23,26,37-38H2. The molecule has 3 aliphatic rings. The summed E-state index contributed by atoms with van der Waals surface area (Å²) < 4.78 is 2.68. The van der Waals surface area contributed by atoms with Gasteiger partial charge >= 0.3 is 0 Å². The lowest BCUT2D eigenvalue weighted by Crippen LogP contribution is -2.34. The van der Waals surface area contributed by atoms with Gasteiger partial charge in [-0.05, 0) is 145 Å². The molecule has 3 heteroatoms. The average molecular weight is 771 g/mol. The van der Waals surface area contributed by atoms with E-state index in [-0.39, 0.29) is 5.41 Å². The Balaban J connectivity index is 0.997. The van der Waals surface area contributed by atoms with Crippen LogP contribution in [0.15, 0.2) is 176 Å². The van der Waals surface area contributed by atoms with E-state index in [9.17, 15) is 0 Å². The van der Waals surface area contributed by atoms with E-state index in [1.807, 2.05) is 11.3 Å². The van der Waals surface area contributed by atoms with Crippen molar-refractivity contribution in [2.24, 2.45) is 11.8 Å². The normalized spacial score (nSPS) is 20.5. The molecule has 11 rings (SSSR count). The van der Waals surface area contributed by atoms with Crippen LogP contribution in [-0.2, 0) is 5.41 Å². The summed E-state index contributed by atoms with van der Waals surface area (Å²) in [6, 6.07) is 66.4. The molecule has 3 saturated carbocycles. The van der Waals surface area contributed by atoms with Crippen molar-refractivity contribution in [2.45, 2.75) is 69.1 Å². The SMILES string of the molecule is c1ccc(N(c2ccccc2)c2ccc(C3(c4ccc(N(c5ccc(C6CCCCC6)cc5)c5cccc6sc7ccccc7c56)cc4)CC4CCC3C4)cc2)cc1. The molecule has 3 unspecified atom stereocenters. The number of thiophene rings is 1. The third kappa shape index (κ3) is 6.14. The van der Waals surface area contributed by atoms with Crippen LogP contribution in [0.5, 0.6) is 0 Å². The van der Waals surface area contributed by atoms with Crippen molar-refractivity contribution in [1.82, 2.24) is 0 Å². The Hall–Kier alpha value is -5.64. The van der Waals surface area contributed by atoms with Crippen molar-refractivity contribution in [1.29, 1.82) is 0 Å². The summed E-state index contributed by atoms with van der Waals surface area (Å²) >= 11 is 1.90. The Morgan fingerprint density at radius 2 is 1.00 bits per heavy atom. The van der Waals surface area contributed by atoms with Crippen LogP contribution < -0.4 is 9.80 Å². The third-order valence-corrected chi connectivity index (χ3v) is 15.1. The maximum atomic E-state index is 2.53. The zero-order valence-corrected chi connectivity index (χ0v) is 34.0. The van der Waals surface area contributed by atoms with E-state index in [4.69, 9.17) is 0 Å². The van der Waals surface area contributed by atoms with Gasteiger partial charge in [0.1, 0.15) is 0 Å². The van der Waals surface area contributed by atoms with Gasteiger partial charge in [-0.15, -0.1) is 11.3 Å². The van der Waals surface area contributed by atoms with Crippen LogP contribution in [0.25, 0.3) is 20.2 Å². The molecular weight excluding hydrogens is 721 g/mol. The molecule has 8 aromatic rings. The van der Waals surface area contributed by atoms with E-state index >= 15 is 0 Å². The predicted octanol–water partition coefficient (Wildman–Crippen LogP) is 16.1. The van der Waals surface area contributed by atoms with Gasteiger partial charge in [0.15, 0.2) is 0 Å². The minimum Gasteiger partial charge on any atom is -0.311 e. The van der Waals surface area contributed by atoms with Gasteiger partial charge in [0, 0.05) is 54.0 Å². The highest BCUT2D eigenvalue weighted by Crippen LogP contribution is 2.60. The summed E-state index contributed by atoms with van der Waals surface area (Å²) in [7, 11) is 0. The Morgan fingerprint density at radius 1 is 0.448 bits per heavy atom. The van der Waals surface area contributed by atoms with Crippen LogP contribution in [0.1, 0.15) is 80.4 Å². The number of nitrogens with zero attached hydrogens (tertiary/aromatic N) is 2. The summed E-state index contributed by atoms with van der Waals surface area (Å²) in [5, 5.41) is 2.68. The molecule has 286 valence electrons. The number of hydrogen-bond donors (Lipinski definition) is 0. The quantitative estimate of drug-likeness (QED) is 0.144. The molecule has 0 aliphatic heterocycles. The highest BCUT2D eigenvalue weighted by Gasteiger charge is 2.52. The summed E-state index contributed by atoms with van der Waals surface area (Å²) in [5.41, 5.74) is 11.7. The third-order valence-electron chi connectivity index (χ3n) is 14.0. The lowest BCUT2D eigenvalue weighted by Gasteiger charge is -2.40. The molecule has 3 aliphatic carbocycles. The maximum Gasteiger partial charge on any atom is 0.0554 e. The highest BCUT2D eigenvalue weighted by atomic mass is 32.1. The van der Waals surface area contributed by atoms with E-state index in [1.165, 1.54) is 129 Å². The van der Waals surface area contributed by atoms with Gasteiger partial charge in [0.2, 0.25) is 0 Å². The van der Waals surface area contributed by atoms with Crippen molar-refractivity contribution in [2.75, 3.05) is 9.80 Å². The number of hydrogen-bond acceptors (Lipinski definition) is 3. The molecule has 0 spiro atoms. The second-order valence-electron chi connectivity index (χ2n) is 17.2. The van der Waals surface area contributed by atoms with Crippen LogP contribution in [0.2, 0.25) is 0 Å². The number of benzene rings is 7. The van der Waals surface area contributed by atoms with E-state index in [1.54, 1.807) is 0 Å². The van der Waals surface area contributed by atoms with Gasteiger partial charge in [-0.3, -0.25) is 0 Å². The van der Waals surface area contributed by atoms with Crippen LogP contribution in [0, 0.1) is 11.8 Å². The molecule has 0 amide bonds. The smallest absolute Gasteiger partial charge is 0.0554 e. The molecular formula is C55H50N2S. The second-order valence-corrected chi connectivity index (χ2v) is 18.2. The second kappa shape index (κ2) is 14.9. The monoisotopic (exact) mass is 770 g/mol. The van der Waals surface area contributed by atoms with Crippen molar-refractivity contribution >= 4 is 65.6 Å². The first-order valence-corrected chi connectivity index (χ1v) is 22.5. The Bertz CT molecular complexity index is 2620. The van der Waals surface area contributed by atoms with Crippen LogP contribution in [0.3, 0.4) is 0 Å². The molecule has 58 heavy (non-hydrogen) atoms. The number of fused-ring (bicyclic) bond motifs is 5. The lowest BCUT2D eigenvalue weighted by molar-refractivity contribution is 0.320. The molecule has 7 aromatic carbocycles. The van der Waals surface area contributed by atoms with Crippen molar-refractivity contribution in [3.05, 3.63) is 193 Å². The van der Waals surface area contributed by atoms with E-state index in [0.29, 0.717) is 11.8 Å². The first-order chi connectivity index (χ1) is 28.7. The molecule has 3 atom stereocenters. The Labute approximate surface area is 347 Å². The molecule has 0 N–H and O–H groups in total. The van der Waals surface area contributed by atoms with Crippen LogP contribution >= 0.6 is 11.3 Å². The van der Waals surface area contributed by atoms with Gasteiger partial charge < -0.3 is 9.80 Å². The minimum absolute atomic E-state index is 0.0142. The predicted molar refractivity (Wildman–Crippen MR) is 247 cm³/mol. The average Bonchev–Trinajstić information content (AvgIpc) is 4.03. The molecule has 2 nitrogen and oxygen atoms in total. The van der Waals surface area contributed by atoms with Gasteiger partial charge in [-0.2, -0.15) is 0 Å². The molecule has 1 heterocycles. The topological polar surface area (TPSA) is 6.48 Å². The van der Waals surface area contributed by atoms with Crippen molar-refractivity contribution in [3.63, 3.8) is 0 Å². The number of para-hydroxylation sites is 2. The lowest BCUT2D eigenvalue weighted by atomic mass is 9.64. The van der Waals surface area contributed by atoms with Gasteiger partial charge in [0.05, 0.1) is 5.69 Å². The zero-order chi connectivity index (χ0) is 38.5. The Morgan fingerprint density at radius 3 is 1.60 bits per heavy atom. The fraction of sp³-hybridized carbons (Fsp3) is 0.236. The first kappa shape index (κ1) is 35.5. The molecule has 0 saturated heterocycles. The molecule has 3 fully saturated rings. The largest absolute Gasteiger partial charge is 0.311 e. The number of anilines is 6. The Kier molecular flexibility index (Phi) is 9.15. The summed E-state index contributed by atoms with van der Waals surface area (Å²) in [6.45, 7) is 0. The van der Waals surface area contributed by atoms with E-state index in [0.717, 1.165) is 5.92 Å². The first-order valence-electron chi connectivity index (χ1n) is 21.6. The van der Waals surface area contributed by atoms with Crippen molar-refractivity contribution in [3.8, 4) is 0 Å². The van der Waals surface area contributed by atoms with Gasteiger partial charge in [0.25, 0.3) is 0 Å². The van der Waals surface area contributed by atoms with E-state index in [2.05, 4.69) is 186 Å². The zero-order valence-electron chi connectivity index (χ0n) is 33.1. The molecule has 0 radical (unpaired) electrons. The number of rotatable bonds is 9. The minimum atomic E-state index is 0.0142. The van der Waals surface area contributed by atoms with Gasteiger partial charge in [-0.25, -0.2) is 0 Å². The maximum absolute atomic E-state index is 2.53. The summed E-state index contributed by atoms with van der Waals surface area (Å²) in [5.74, 6) is 2.13. The fourth-order valence-corrected chi connectivity index (χ4v) is 12.4. The highest BCUT2D eigenvalue weighted by molar-refractivity contribution is 7.26. The summed E-state index contributed by atoms with van der Waals surface area (Å²) in [4.78, 5) is 4.90. The van der Waals surface area contributed by atoms with Crippen molar-refractivity contribution < 1.29 is 0 Å².